The molecule has 0 radical (unpaired) electrons. The Morgan fingerprint density at radius 2 is 1.29 bits per heavy atom. The highest BCUT2D eigenvalue weighted by molar-refractivity contribution is 7.47. The fourth-order valence-corrected chi connectivity index (χ4v) is 5.38. The molecule has 2 aliphatic rings. The summed E-state index contributed by atoms with van der Waals surface area (Å²) in [4.78, 5) is 59.7. The van der Waals surface area contributed by atoms with Gasteiger partial charge in [-0.2, -0.15) is 9.97 Å². The summed E-state index contributed by atoms with van der Waals surface area (Å²) in [7, 11) is -10.3. The van der Waals surface area contributed by atoms with E-state index in [4.69, 9.17) is 39.8 Å². The number of nitrogen functional groups attached to an aromatic ring is 2. The van der Waals surface area contributed by atoms with Crippen molar-refractivity contribution in [3.63, 3.8) is 0 Å². The molecular weight excluding hydrogens is 618 g/mol. The van der Waals surface area contributed by atoms with Crippen molar-refractivity contribution >= 4 is 27.3 Å². The third kappa shape index (κ3) is 7.64. The van der Waals surface area contributed by atoms with Crippen LogP contribution in [0.4, 0.5) is 11.6 Å². The molecule has 4 rings (SSSR count). The van der Waals surface area contributed by atoms with Gasteiger partial charge in [0.2, 0.25) is 0 Å². The summed E-state index contributed by atoms with van der Waals surface area (Å²) in [5.41, 5.74) is 8.95. The molecule has 0 aromatic carbocycles. The van der Waals surface area contributed by atoms with Crippen molar-refractivity contribution in [3.8, 4) is 0 Å². The Balaban J connectivity index is 0.00000484. The molecule has 0 spiro atoms. The molecule has 0 amide bonds. The van der Waals surface area contributed by atoms with Crippen molar-refractivity contribution in [3.05, 3.63) is 45.5 Å². The smallest absolute Gasteiger partial charge is 0.412 e. The van der Waals surface area contributed by atoms with Gasteiger partial charge in [0.25, 0.3) is 0 Å². The van der Waals surface area contributed by atoms with E-state index in [0.29, 0.717) is 0 Å². The van der Waals surface area contributed by atoms with Gasteiger partial charge < -0.3 is 56.4 Å². The second kappa shape index (κ2) is 12.9. The van der Waals surface area contributed by atoms with Gasteiger partial charge in [-0.25, -0.2) is 18.7 Å². The number of hydrogen-bond donors (Lipinski definition) is 8. The quantitative estimate of drug-likeness (QED) is 0.112. The third-order valence-corrected chi connectivity index (χ3v) is 7.43. The zero-order valence-corrected chi connectivity index (χ0v) is 22.8. The van der Waals surface area contributed by atoms with Gasteiger partial charge in [0.1, 0.15) is 48.3 Å². The monoisotopic (exact) mass is 646 g/mol. The molecular formula is C18H28N6O16P2. The highest BCUT2D eigenvalue weighted by Gasteiger charge is 2.51. The van der Waals surface area contributed by atoms with Crippen LogP contribution in [0.15, 0.2) is 34.1 Å². The van der Waals surface area contributed by atoms with E-state index in [9.17, 15) is 38.9 Å². The van der Waals surface area contributed by atoms with Crippen LogP contribution in [0.1, 0.15) is 12.5 Å². The van der Waals surface area contributed by atoms with Crippen LogP contribution in [0.25, 0.3) is 0 Å². The average molecular weight is 646 g/mol. The number of phosphoric ester groups is 2. The first-order valence-electron chi connectivity index (χ1n) is 11.5. The minimum Gasteiger partial charge on any atom is -0.412 e. The fraction of sp³-hybridized carbons (Fsp3) is 0.556. The predicted octanol–water partition coefficient (Wildman–Crippen LogP) is -4.67. The molecule has 24 heteroatoms. The van der Waals surface area contributed by atoms with Crippen molar-refractivity contribution < 1.29 is 67.7 Å². The summed E-state index contributed by atoms with van der Waals surface area (Å²) < 4.78 is 50.6. The molecule has 12 N–H and O–H groups in total. The van der Waals surface area contributed by atoms with Gasteiger partial charge in [-0.3, -0.25) is 22.7 Å². The van der Waals surface area contributed by atoms with Crippen molar-refractivity contribution in [2.45, 2.75) is 49.1 Å². The molecule has 42 heavy (non-hydrogen) atoms. The van der Waals surface area contributed by atoms with Gasteiger partial charge in [0.05, 0.1) is 13.2 Å². The summed E-state index contributed by atoms with van der Waals surface area (Å²) in [6, 6.07) is 2.41. The summed E-state index contributed by atoms with van der Waals surface area (Å²) in [6.07, 6.45) is -11.2. The first-order valence-corrected chi connectivity index (χ1v) is 14.5. The molecule has 22 nitrogen and oxygen atoms in total. The zero-order valence-electron chi connectivity index (χ0n) is 21.0. The van der Waals surface area contributed by atoms with E-state index < -0.39 is 89.3 Å². The number of anilines is 2. The Morgan fingerprint density at radius 3 is 1.79 bits per heavy atom. The summed E-state index contributed by atoms with van der Waals surface area (Å²) in [6.45, 7) is -1.86. The first kappa shape index (κ1) is 33.8. The maximum atomic E-state index is 12.8. The minimum absolute atomic E-state index is 0. The van der Waals surface area contributed by atoms with E-state index in [1.165, 1.54) is 12.1 Å². The molecule has 2 aliphatic heterocycles. The molecule has 2 fully saturated rings. The van der Waals surface area contributed by atoms with Crippen LogP contribution in [0.3, 0.4) is 0 Å². The summed E-state index contributed by atoms with van der Waals surface area (Å²) >= 11 is 0. The average Bonchev–Trinajstić information content (AvgIpc) is 3.31. The topological polar surface area (TPSA) is 355 Å². The van der Waals surface area contributed by atoms with Gasteiger partial charge >= 0.3 is 27.0 Å². The molecule has 2 aromatic rings. The number of nitrogens with two attached hydrogens (primary N) is 2. The maximum Gasteiger partial charge on any atom is 0.472 e. The molecule has 2 saturated heterocycles. The number of nitrogens with zero attached hydrogens (tertiary/aromatic N) is 4. The SMILES string of the molecule is Nc1ccn([C@@H]2O[C@H](COP(=O)(O)O[C@H]3[C@@H](O)[C@H](n4ccc(N)nc4=O)O[C@@H]3COP(=O)(O)O)[C@@H](O)[C@H]2O)c(=O)n1.O. The lowest BCUT2D eigenvalue weighted by Crippen LogP contribution is -2.38. The van der Waals surface area contributed by atoms with Crippen molar-refractivity contribution in [2.24, 2.45) is 0 Å². The van der Waals surface area contributed by atoms with Gasteiger partial charge in [-0.1, -0.05) is 0 Å². The van der Waals surface area contributed by atoms with Crippen LogP contribution in [0.5, 0.6) is 0 Å². The number of aliphatic hydroxyl groups excluding tert-OH is 3. The fourth-order valence-electron chi connectivity index (χ4n) is 4.07. The second-order valence-electron chi connectivity index (χ2n) is 8.81. The Kier molecular flexibility index (Phi) is 10.4. The minimum atomic E-state index is -5.21. The lowest BCUT2D eigenvalue weighted by atomic mass is 10.1. The van der Waals surface area contributed by atoms with E-state index in [1.54, 1.807) is 0 Å². The van der Waals surface area contributed by atoms with E-state index in [2.05, 4.69) is 14.5 Å². The number of rotatable bonds is 10. The largest absolute Gasteiger partial charge is 0.472 e. The molecule has 1 unspecified atom stereocenters. The number of hydrogen-bond acceptors (Lipinski definition) is 16. The normalized spacial score (nSPS) is 31.0. The number of ether oxygens (including phenoxy) is 2. The van der Waals surface area contributed by atoms with E-state index in [1.807, 2.05) is 0 Å². The molecule has 4 heterocycles. The molecule has 0 aliphatic carbocycles. The van der Waals surface area contributed by atoms with Gasteiger partial charge in [0, 0.05) is 12.4 Å². The maximum absolute atomic E-state index is 12.8. The Hall–Kier alpha value is -2.66. The highest BCUT2D eigenvalue weighted by Crippen LogP contribution is 2.49. The van der Waals surface area contributed by atoms with E-state index >= 15 is 0 Å². The Bertz CT molecular complexity index is 1470. The van der Waals surface area contributed by atoms with Gasteiger partial charge in [-0.05, 0) is 12.1 Å². The molecule has 0 bridgehead atoms. The predicted molar refractivity (Wildman–Crippen MR) is 134 cm³/mol. The Morgan fingerprint density at radius 1 is 0.810 bits per heavy atom. The second-order valence-corrected chi connectivity index (χ2v) is 11.5. The van der Waals surface area contributed by atoms with Crippen LogP contribution >= 0.6 is 15.6 Å². The number of aliphatic hydroxyl groups is 3. The van der Waals surface area contributed by atoms with Gasteiger partial charge in [0.15, 0.2) is 12.5 Å². The lowest BCUT2D eigenvalue weighted by molar-refractivity contribution is -0.0611. The number of aromatic nitrogens is 4. The molecule has 2 aromatic heterocycles. The standard InChI is InChI=1S/C18H26N6O15P2.H2O/c19-9-1-3-23(17(28)21-9)15-12(26)11(25)7(37-15)5-36-41(33,34)39-14-8(6-35-40(30,31)32)38-16(13(14)27)24-4-2-10(20)22-18(24)29;/h1-4,7-8,11-16,25-27H,5-6H2,(H,33,34)(H2,19,21,28)(H2,20,22,29)(H2,30,31,32);1H2/t7-,8-,11-,12-,13-,14-,15-,16-;/m1./s1. The highest BCUT2D eigenvalue weighted by atomic mass is 31.2. The van der Waals surface area contributed by atoms with Crippen LogP contribution in [0.2, 0.25) is 0 Å². The summed E-state index contributed by atoms with van der Waals surface area (Å²) in [5, 5.41) is 31.4. The molecule has 236 valence electrons. The van der Waals surface area contributed by atoms with Crippen molar-refractivity contribution in [1.82, 2.24) is 19.1 Å². The third-order valence-electron chi connectivity index (χ3n) is 5.96. The first-order chi connectivity index (χ1) is 19.1. The molecule has 0 saturated carbocycles. The Labute approximate surface area is 233 Å². The lowest BCUT2D eigenvalue weighted by Gasteiger charge is -2.24. The van der Waals surface area contributed by atoms with Crippen LogP contribution in [-0.4, -0.2) is 104 Å². The van der Waals surface area contributed by atoms with Crippen LogP contribution in [-0.2, 0) is 32.2 Å². The van der Waals surface area contributed by atoms with Crippen molar-refractivity contribution in [2.75, 3.05) is 24.7 Å². The van der Waals surface area contributed by atoms with Crippen molar-refractivity contribution in [1.29, 1.82) is 0 Å². The van der Waals surface area contributed by atoms with Crippen LogP contribution in [0, 0.1) is 0 Å². The van der Waals surface area contributed by atoms with Gasteiger partial charge in [-0.15, -0.1) is 0 Å². The van der Waals surface area contributed by atoms with E-state index in [-0.39, 0.29) is 17.1 Å². The van der Waals surface area contributed by atoms with Crippen LogP contribution < -0.4 is 22.8 Å². The zero-order chi connectivity index (χ0) is 30.3. The summed E-state index contributed by atoms with van der Waals surface area (Å²) in [5.74, 6) is -0.276. The number of phosphoric acid groups is 2. The molecule has 9 atom stereocenters. The van der Waals surface area contributed by atoms with E-state index in [0.717, 1.165) is 21.5 Å².